The van der Waals surface area contributed by atoms with Crippen LogP contribution >= 0.6 is 0 Å². The highest BCUT2D eigenvalue weighted by Gasteiger charge is 2.37. The van der Waals surface area contributed by atoms with Crippen LogP contribution in [0.15, 0.2) is 60.3 Å². The third-order valence-corrected chi connectivity index (χ3v) is 3.62. The van der Waals surface area contributed by atoms with Gasteiger partial charge in [0.15, 0.2) is 0 Å². The molecule has 0 radical (unpaired) electrons. The molecule has 0 aliphatic carbocycles. The number of amides is 1. The molecule has 0 unspecified atom stereocenters. The number of hydrogen-bond donors (Lipinski definition) is 2. The maximum atomic E-state index is 12.8. The topological polar surface area (TPSA) is 41.1 Å². The van der Waals surface area contributed by atoms with Gasteiger partial charge in [0, 0.05) is 24.0 Å². The van der Waals surface area contributed by atoms with E-state index in [-0.39, 0.29) is 6.07 Å². The van der Waals surface area contributed by atoms with Gasteiger partial charge >= 0.3 is 12.4 Å². The first-order valence-corrected chi connectivity index (χ1v) is 8.02. The van der Waals surface area contributed by atoms with Crippen molar-refractivity contribution in [2.24, 2.45) is 0 Å². The van der Waals surface area contributed by atoms with Crippen molar-refractivity contribution in [3.05, 3.63) is 77.0 Å². The minimum Gasteiger partial charge on any atom is -0.384 e. The molecular weight excluding hydrogens is 386 g/mol. The Morgan fingerprint density at radius 1 is 0.929 bits per heavy atom. The summed E-state index contributed by atoms with van der Waals surface area (Å²) in [4.78, 5) is 12.0. The van der Waals surface area contributed by atoms with Crippen LogP contribution in [-0.4, -0.2) is 5.91 Å². The van der Waals surface area contributed by atoms with E-state index >= 15 is 0 Å². The summed E-state index contributed by atoms with van der Waals surface area (Å²) < 4.78 is 77.1. The molecule has 1 amide bonds. The lowest BCUT2D eigenvalue weighted by molar-refractivity contribution is -0.143. The zero-order valence-corrected chi connectivity index (χ0v) is 14.6. The predicted molar refractivity (Wildman–Crippen MR) is 92.1 cm³/mol. The molecule has 2 N–H and O–H groups in total. The Kier molecular flexibility index (Phi) is 6.37. The van der Waals surface area contributed by atoms with Crippen LogP contribution in [0.25, 0.3) is 0 Å². The number of anilines is 1. The van der Waals surface area contributed by atoms with Gasteiger partial charge in [-0.15, -0.1) is 0 Å². The molecule has 2 aromatic rings. The summed E-state index contributed by atoms with van der Waals surface area (Å²) in [6, 6.07) is 10.1. The second-order valence-corrected chi connectivity index (χ2v) is 5.95. The molecular formula is C19H16F6N2O. The lowest BCUT2D eigenvalue weighted by atomic mass is 10.1. The molecule has 0 heterocycles. The Morgan fingerprint density at radius 2 is 1.46 bits per heavy atom. The molecule has 0 fully saturated rings. The van der Waals surface area contributed by atoms with Crippen LogP contribution in [0.5, 0.6) is 0 Å². The number of carbonyl (C=O) groups is 1. The standard InChI is InChI=1S/C19H16F6N2O/c1-12(26-11-13-5-3-2-4-6-13)7-17(28)27-16-9-14(18(20,21)22)8-15(10-16)19(23,24)25/h2-10,26H,11H2,1H3,(H,27,28)/b12-7-. The fourth-order valence-electron chi connectivity index (χ4n) is 2.29. The maximum Gasteiger partial charge on any atom is 0.416 e. The smallest absolute Gasteiger partial charge is 0.384 e. The summed E-state index contributed by atoms with van der Waals surface area (Å²) >= 11 is 0. The monoisotopic (exact) mass is 402 g/mol. The predicted octanol–water partition coefficient (Wildman–Crippen LogP) is 5.36. The summed E-state index contributed by atoms with van der Waals surface area (Å²) in [6.07, 6.45) is -8.91. The Hall–Kier alpha value is -2.97. The number of halogens is 6. The molecule has 2 rings (SSSR count). The van der Waals surface area contributed by atoms with Crippen molar-refractivity contribution >= 4 is 11.6 Å². The number of carbonyl (C=O) groups excluding carboxylic acids is 1. The number of allylic oxidation sites excluding steroid dienone is 1. The molecule has 0 aliphatic heterocycles. The average Bonchev–Trinajstić information content (AvgIpc) is 2.59. The first-order valence-electron chi connectivity index (χ1n) is 8.02. The molecule has 150 valence electrons. The lowest BCUT2D eigenvalue weighted by Crippen LogP contribution is -2.17. The van der Waals surface area contributed by atoms with Crippen LogP contribution in [-0.2, 0) is 23.7 Å². The second-order valence-electron chi connectivity index (χ2n) is 5.95. The van der Waals surface area contributed by atoms with Gasteiger partial charge in [-0.1, -0.05) is 30.3 Å². The molecule has 0 aromatic heterocycles. The quantitative estimate of drug-likeness (QED) is 0.523. The van der Waals surface area contributed by atoms with Crippen molar-refractivity contribution in [3.8, 4) is 0 Å². The van der Waals surface area contributed by atoms with E-state index in [1.165, 1.54) is 0 Å². The van der Waals surface area contributed by atoms with E-state index in [4.69, 9.17) is 0 Å². The fraction of sp³-hybridized carbons (Fsp3) is 0.211. The van der Waals surface area contributed by atoms with Crippen molar-refractivity contribution in [2.45, 2.75) is 25.8 Å². The highest BCUT2D eigenvalue weighted by atomic mass is 19.4. The van der Waals surface area contributed by atoms with Crippen molar-refractivity contribution in [3.63, 3.8) is 0 Å². The first-order chi connectivity index (χ1) is 12.9. The molecule has 0 bridgehead atoms. The van der Waals surface area contributed by atoms with E-state index in [0.29, 0.717) is 24.4 Å². The molecule has 3 nitrogen and oxygen atoms in total. The maximum absolute atomic E-state index is 12.8. The SMILES string of the molecule is C/C(=C/C(=O)Nc1cc(C(F)(F)F)cc(C(F)(F)F)c1)NCc1ccccc1. The van der Waals surface area contributed by atoms with E-state index in [9.17, 15) is 31.1 Å². The zero-order valence-electron chi connectivity index (χ0n) is 14.6. The van der Waals surface area contributed by atoms with E-state index in [1.54, 1.807) is 6.92 Å². The summed E-state index contributed by atoms with van der Waals surface area (Å²) in [6.45, 7) is 1.95. The van der Waals surface area contributed by atoms with E-state index in [0.717, 1.165) is 11.6 Å². The van der Waals surface area contributed by atoms with Gasteiger partial charge < -0.3 is 10.6 Å². The van der Waals surface area contributed by atoms with Crippen LogP contribution in [0.4, 0.5) is 32.0 Å². The Balaban J connectivity index is 2.13. The summed E-state index contributed by atoms with van der Waals surface area (Å²) in [5.41, 5.74) is -2.27. The largest absolute Gasteiger partial charge is 0.416 e. The number of nitrogens with one attached hydrogen (secondary N) is 2. The zero-order chi connectivity index (χ0) is 20.9. The number of benzene rings is 2. The van der Waals surface area contributed by atoms with E-state index < -0.39 is 35.1 Å². The van der Waals surface area contributed by atoms with Gasteiger partial charge in [0.1, 0.15) is 0 Å². The van der Waals surface area contributed by atoms with Gasteiger partial charge in [-0.3, -0.25) is 4.79 Å². The summed E-state index contributed by atoms with van der Waals surface area (Å²) in [5.74, 6) is -0.856. The van der Waals surface area contributed by atoms with Gasteiger partial charge in [0.05, 0.1) is 11.1 Å². The molecule has 0 spiro atoms. The average molecular weight is 402 g/mol. The van der Waals surface area contributed by atoms with Crippen LogP contribution in [0.3, 0.4) is 0 Å². The van der Waals surface area contributed by atoms with Crippen LogP contribution < -0.4 is 10.6 Å². The summed E-state index contributed by atoms with van der Waals surface area (Å²) in [7, 11) is 0. The fourth-order valence-corrected chi connectivity index (χ4v) is 2.29. The van der Waals surface area contributed by atoms with Crippen molar-refractivity contribution in [2.75, 3.05) is 5.32 Å². The van der Waals surface area contributed by atoms with Gasteiger partial charge in [-0.05, 0) is 30.7 Å². The van der Waals surface area contributed by atoms with Crippen LogP contribution in [0, 0.1) is 0 Å². The highest BCUT2D eigenvalue weighted by Crippen LogP contribution is 2.37. The third-order valence-electron chi connectivity index (χ3n) is 3.62. The van der Waals surface area contributed by atoms with E-state index in [1.807, 2.05) is 35.6 Å². The van der Waals surface area contributed by atoms with Crippen molar-refractivity contribution < 1.29 is 31.1 Å². The molecule has 0 saturated carbocycles. The molecule has 0 aliphatic rings. The van der Waals surface area contributed by atoms with Gasteiger partial charge in [0.25, 0.3) is 0 Å². The normalized spacial score (nSPS) is 12.6. The van der Waals surface area contributed by atoms with Crippen molar-refractivity contribution in [1.82, 2.24) is 5.32 Å². The van der Waals surface area contributed by atoms with Gasteiger partial charge in [-0.25, -0.2) is 0 Å². The Bertz CT molecular complexity index is 825. The molecule has 0 saturated heterocycles. The molecule has 28 heavy (non-hydrogen) atoms. The first kappa shape index (κ1) is 21.3. The van der Waals surface area contributed by atoms with Crippen LogP contribution in [0.1, 0.15) is 23.6 Å². The minimum absolute atomic E-state index is 0.00182. The Labute approximate surface area is 157 Å². The summed E-state index contributed by atoms with van der Waals surface area (Å²) in [5, 5.41) is 4.97. The molecule has 9 heteroatoms. The third kappa shape index (κ3) is 6.33. The van der Waals surface area contributed by atoms with Crippen LogP contribution in [0.2, 0.25) is 0 Å². The van der Waals surface area contributed by atoms with Gasteiger partial charge in [0.2, 0.25) is 5.91 Å². The number of rotatable bonds is 5. The molecule has 2 aromatic carbocycles. The number of hydrogen-bond acceptors (Lipinski definition) is 2. The van der Waals surface area contributed by atoms with Crippen molar-refractivity contribution in [1.29, 1.82) is 0 Å². The second kappa shape index (κ2) is 8.37. The number of alkyl halides is 6. The minimum atomic E-state index is -4.98. The Morgan fingerprint density at radius 3 is 1.96 bits per heavy atom. The van der Waals surface area contributed by atoms with Gasteiger partial charge in [-0.2, -0.15) is 26.3 Å². The highest BCUT2D eigenvalue weighted by molar-refractivity contribution is 5.99. The lowest BCUT2D eigenvalue weighted by Gasteiger charge is -2.14. The van der Waals surface area contributed by atoms with E-state index in [2.05, 4.69) is 5.32 Å². The molecule has 0 atom stereocenters.